The number of hydrogen-bond donors (Lipinski definition) is 4. The number of aliphatic carboxylic acids is 1. The molecule has 0 aromatic heterocycles. The van der Waals surface area contributed by atoms with Crippen LogP contribution in [0.3, 0.4) is 0 Å². The fraction of sp³-hybridized carbons (Fsp3) is 0.818. The lowest BCUT2D eigenvalue weighted by Gasteiger charge is -2.34. The summed E-state index contributed by atoms with van der Waals surface area (Å²) in [6.07, 6.45) is 1.63. The summed E-state index contributed by atoms with van der Waals surface area (Å²) in [4.78, 5) is 22.5. The van der Waals surface area contributed by atoms with Crippen molar-refractivity contribution in [2.45, 2.75) is 37.8 Å². The van der Waals surface area contributed by atoms with Gasteiger partial charge in [-0.05, 0) is 19.8 Å². The maximum atomic E-state index is 11.7. The molecule has 1 heterocycles. The van der Waals surface area contributed by atoms with Gasteiger partial charge in [0.05, 0.1) is 12.1 Å². The number of amides is 2. The third kappa shape index (κ3) is 4.50. The molecule has 0 radical (unpaired) electrons. The zero-order valence-corrected chi connectivity index (χ0v) is 10.4. The van der Waals surface area contributed by atoms with Crippen LogP contribution in [-0.4, -0.2) is 53.6 Å². The Kier molecular flexibility index (Phi) is 5.36. The first-order valence-electron chi connectivity index (χ1n) is 5.97. The van der Waals surface area contributed by atoms with Gasteiger partial charge >= 0.3 is 12.0 Å². The van der Waals surface area contributed by atoms with Gasteiger partial charge in [0.25, 0.3) is 0 Å². The van der Waals surface area contributed by atoms with Crippen molar-refractivity contribution in [2.24, 2.45) is 0 Å². The van der Waals surface area contributed by atoms with Crippen LogP contribution in [0.15, 0.2) is 0 Å². The molecule has 7 heteroatoms. The summed E-state index contributed by atoms with van der Waals surface area (Å²) in [6.45, 7) is 2.66. The van der Waals surface area contributed by atoms with Gasteiger partial charge in [-0.2, -0.15) is 0 Å². The summed E-state index contributed by atoms with van der Waals surface area (Å²) >= 11 is 0. The van der Waals surface area contributed by atoms with E-state index in [1.54, 1.807) is 0 Å². The lowest BCUT2D eigenvalue weighted by molar-refractivity contribution is -0.139. The molecular weight excluding hydrogens is 240 g/mol. The van der Waals surface area contributed by atoms with E-state index in [0.717, 1.165) is 12.8 Å². The first kappa shape index (κ1) is 14.7. The van der Waals surface area contributed by atoms with Gasteiger partial charge in [0.15, 0.2) is 0 Å². The largest absolute Gasteiger partial charge is 0.480 e. The summed E-state index contributed by atoms with van der Waals surface area (Å²) in [7, 11) is 0. The van der Waals surface area contributed by atoms with Gasteiger partial charge in [0.2, 0.25) is 0 Å². The Morgan fingerprint density at radius 3 is 2.72 bits per heavy atom. The summed E-state index contributed by atoms with van der Waals surface area (Å²) < 4.78 is 5.29. The monoisotopic (exact) mass is 260 g/mol. The number of rotatable bonds is 5. The zero-order valence-electron chi connectivity index (χ0n) is 10.4. The Bertz CT molecular complexity index is 302. The number of urea groups is 1. The van der Waals surface area contributed by atoms with E-state index in [4.69, 9.17) is 14.9 Å². The Hall–Kier alpha value is -1.34. The SMILES string of the molecule is CC1(NC(=O)N[C@@H](CCO)C(=O)O)CCCOC1. The van der Waals surface area contributed by atoms with Crippen LogP contribution in [0, 0.1) is 0 Å². The fourth-order valence-corrected chi connectivity index (χ4v) is 1.89. The highest BCUT2D eigenvalue weighted by molar-refractivity contribution is 5.82. The molecule has 18 heavy (non-hydrogen) atoms. The van der Waals surface area contributed by atoms with E-state index < -0.39 is 23.6 Å². The standard InChI is InChI=1S/C11H20N2O5/c1-11(4-2-6-18-7-11)13-10(17)12-8(3-5-14)9(15)16/h8,14H,2-7H2,1H3,(H,15,16)(H2,12,13,17)/t8-,11?/m0/s1. The molecular formula is C11H20N2O5. The van der Waals surface area contributed by atoms with Crippen LogP contribution in [0.2, 0.25) is 0 Å². The second kappa shape index (κ2) is 6.55. The molecule has 1 aliphatic heterocycles. The Morgan fingerprint density at radius 1 is 1.50 bits per heavy atom. The van der Waals surface area contributed by atoms with Crippen molar-refractivity contribution in [3.05, 3.63) is 0 Å². The summed E-state index contributed by atoms with van der Waals surface area (Å²) in [5.41, 5.74) is -0.468. The summed E-state index contributed by atoms with van der Waals surface area (Å²) in [5.74, 6) is -1.16. The molecule has 0 aromatic carbocycles. The fourth-order valence-electron chi connectivity index (χ4n) is 1.89. The van der Waals surface area contributed by atoms with Gasteiger partial charge in [0.1, 0.15) is 6.04 Å². The van der Waals surface area contributed by atoms with Gasteiger partial charge < -0.3 is 25.6 Å². The molecule has 1 rings (SSSR count). The van der Waals surface area contributed by atoms with Gasteiger partial charge in [-0.15, -0.1) is 0 Å². The highest BCUT2D eigenvalue weighted by Crippen LogP contribution is 2.17. The Balaban J connectivity index is 2.46. The van der Waals surface area contributed by atoms with E-state index in [9.17, 15) is 9.59 Å². The van der Waals surface area contributed by atoms with E-state index in [2.05, 4.69) is 10.6 Å². The van der Waals surface area contributed by atoms with E-state index >= 15 is 0 Å². The number of carbonyl (C=O) groups is 2. The predicted octanol–water partition coefficient (Wildman–Crippen LogP) is -0.310. The normalized spacial score (nSPS) is 25.2. The molecule has 0 aliphatic carbocycles. The van der Waals surface area contributed by atoms with E-state index in [1.165, 1.54) is 0 Å². The number of ether oxygens (including phenoxy) is 1. The summed E-state index contributed by atoms with van der Waals surface area (Å²) in [5, 5.41) is 22.6. The van der Waals surface area contributed by atoms with E-state index in [-0.39, 0.29) is 13.0 Å². The molecule has 1 aliphatic rings. The van der Waals surface area contributed by atoms with Crippen LogP contribution in [-0.2, 0) is 9.53 Å². The topological polar surface area (TPSA) is 108 Å². The van der Waals surface area contributed by atoms with Crippen LogP contribution in [0.1, 0.15) is 26.2 Å². The van der Waals surface area contributed by atoms with Crippen molar-refractivity contribution in [3.63, 3.8) is 0 Å². The molecule has 0 saturated carbocycles. The number of aliphatic hydroxyl groups is 1. The minimum atomic E-state index is -1.16. The van der Waals surface area contributed by atoms with Gasteiger partial charge in [-0.25, -0.2) is 9.59 Å². The lowest BCUT2D eigenvalue weighted by Crippen LogP contribution is -2.57. The molecule has 1 fully saturated rings. The quantitative estimate of drug-likeness (QED) is 0.542. The minimum Gasteiger partial charge on any atom is -0.480 e. The van der Waals surface area contributed by atoms with E-state index in [0.29, 0.717) is 13.2 Å². The van der Waals surface area contributed by atoms with Crippen molar-refractivity contribution in [2.75, 3.05) is 19.8 Å². The number of carbonyl (C=O) groups excluding carboxylic acids is 1. The molecule has 0 spiro atoms. The minimum absolute atomic E-state index is 0.0179. The number of nitrogens with one attached hydrogen (secondary N) is 2. The van der Waals surface area contributed by atoms with Gasteiger partial charge in [-0.1, -0.05) is 0 Å². The molecule has 2 amide bonds. The van der Waals surface area contributed by atoms with Crippen LogP contribution >= 0.6 is 0 Å². The molecule has 1 unspecified atom stereocenters. The maximum Gasteiger partial charge on any atom is 0.326 e. The maximum absolute atomic E-state index is 11.7. The average molecular weight is 260 g/mol. The second-order valence-corrected chi connectivity index (χ2v) is 4.72. The summed E-state index contributed by atoms with van der Waals surface area (Å²) in [6, 6.07) is -1.63. The molecule has 0 bridgehead atoms. The number of hydrogen-bond acceptors (Lipinski definition) is 4. The van der Waals surface area contributed by atoms with Crippen molar-refractivity contribution >= 4 is 12.0 Å². The lowest BCUT2D eigenvalue weighted by atomic mass is 9.95. The molecule has 1 saturated heterocycles. The molecule has 0 aromatic rings. The first-order valence-corrected chi connectivity index (χ1v) is 5.97. The number of carboxylic acids is 1. The van der Waals surface area contributed by atoms with Crippen LogP contribution < -0.4 is 10.6 Å². The average Bonchev–Trinajstić information content (AvgIpc) is 2.28. The van der Waals surface area contributed by atoms with Gasteiger partial charge in [0, 0.05) is 19.6 Å². The molecule has 2 atom stereocenters. The van der Waals surface area contributed by atoms with Crippen molar-refractivity contribution < 1.29 is 24.5 Å². The Labute approximate surface area is 106 Å². The van der Waals surface area contributed by atoms with Crippen molar-refractivity contribution in [1.29, 1.82) is 0 Å². The van der Waals surface area contributed by atoms with Crippen molar-refractivity contribution in [3.8, 4) is 0 Å². The first-order chi connectivity index (χ1) is 8.47. The van der Waals surface area contributed by atoms with E-state index in [1.807, 2.05) is 6.92 Å². The Morgan fingerprint density at radius 2 is 2.22 bits per heavy atom. The van der Waals surface area contributed by atoms with Crippen LogP contribution in [0.4, 0.5) is 4.79 Å². The van der Waals surface area contributed by atoms with Crippen LogP contribution in [0.25, 0.3) is 0 Å². The van der Waals surface area contributed by atoms with Crippen LogP contribution in [0.5, 0.6) is 0 Å². The molecule has 7 nitrogen and oxygen atoms in total. The molecule has 104 valence electrons. The van der Waals surface area contributed by atoms with Crippen molar-refractivity contribution in [1.82, 2.24) is 10.6 Å². The third-order valence-electron chi connectivity index (χ3n) is 2.87. The highest BCUT2D eigenvalue weighted by Gasteiger charge is 2.30. The molecule has 4 N–H and O–H groups in total. The smallest absolute Gasteiger partial charge is 0.326 e. The number of carboxylic acid groups (broad SMARTS) is 1. The third-order valence-corrected chi connectivity index (χ3v) is 2.87. The zero-order chi connectivity index (χ0) is 13.6. The second-order valence-electron chi connectivity index (χ2n) is 4.72. The predicted molar refractivity (Wildman–Crippen MR) is 63.3 cm³/mol. The number of aliphatic hydroxyl groups excluding tert-OH is 1. The van der Waals surface area contributed by atoms with Gasteiger partial charge in [-0.3, -0.25) is 0 Å². The highest BCUT2D eigenvalue weighted by atomic mass is 16.5.